The van der Waals surface area contributed by atoms with Crippen LogP contribution in [0.3, 0.4) is 0 Å². The van der Waals surface area contributed by atoms with Gasteiger partial charge in [0.1, 0.15) is 18.3 Å². The monoisotopic (exact) mass is 667 g/mol. The molecule has 0 aliphatic carbocycles. The zero-order valence-corrected chi connectivity index (χ0v) is 27.4. The van der Waals surface area contributed by atoms with Crippen molar-refractivity contribution in [3.8, 4) is 5.75 Å². The molecule has 0 aliphatic rings. The average Bonchev–Trinajstić information content (AvgIpc) is 3.05. The van der Waals surface area contributed by atoms with E-state index in [9.17, 15) is 18.0 Å². The molecule has 11 heteroatoms. The third-order valence-electron chi connectivity index (χ3n) is 7.15. The highest BCUT2D eigenvalue weighted by atomic mass is 35.5. The van der Waals surface area contributed by atoms with E-state index in [1.54, 1.807) is 60.7 Å². The van der Waals surface area contributed by atoms with Crippen LogP contribution in [0.25, 0.3) is 0 Å². The van der Waals surface area contributed by atoms with E-state index in [2.05, 4.69) is 5.32 Å². The van der Waals surface area contributed by atoms with Crippen molar-refractivity contribution >= 4 is 50.7 Å². The van der Waals surface area contributed by atoms with Gasteiger partial charge in [0.05, 0.1) is 17.7 Å². The minimum absolute atomic E-state index is 0.0161. The smallest absolute Gasteiger partial charge is 0.264 e. The average molecular weight is 669 g/mol. The molecule has 2 amide bonds. The molecule has 0 aromatic heterocycles. The number of hydrogen-bond donors (Lipinski definition) is 1. The molecule has 0 fully saturated rings. The summed E-state index contributed by atoms with van der Waals surface area (Å²) in [5.74, 6) is -0.429. The van der Waals surface area contributed by atoms with E-state index >= 15 is 0 Å². The minimum atomic E-state index is -4.21. The molecule has 0 unspecified atom stereocenters. The Kier molecular flexibility index (Phi) is 11.9. The fraction of sp³-hybridized carbons (Fsp3) is 0.235. The van der Waals surface area contributed by atoms with Crippen LogP contribution in [0.2, 0.25) is 10.0 Å². The van der Waals surface area contributed by atoms with Gasteiger partial charge in [0.2, 0.25) is 11.8 Å². The van der Waals surface area contributed by atoms with E-state index in [1.165, 1.54) is 24.1 Å². The number of carbonyl (C=O) groups excluding carboxylic acids is 2. The van der Waals surface area contributed by atoms with Crippen molar-refractivity contribution in [2.45, 2.75) is 37.2 Å². The number of methoxy groups -OCH3 is 1. The molecule has 8 nitrogen and oxygen atoms in total. The molecule has 0 saturated heterocycles. The van der Waals surface area contributed by atoms with Crippen LogP contribution in [0.15, 0.2) is 108 Å². The van der Waals surface area contributed by atoms with Crippen LogP contribution in [-0.2, 0) is 32.6 Å². The lowest BCUT2D eigenvalue weighted by molar-refractivity contribution is -0.140. The van der Waals surface area contributed by atoms with Gasteiger partial charge >= 0.3 is 0 Å². The first kappa shape index (κ1) is 33.8. The number of anilines is 1. The van der Waals surface area contributed by atoms with Crippen molar-refractivity contribution in [1.29, 1.82) is 0 Å². The van der Waals surface area contributed by atoms with Crippen LogP contribution in [0, 0.1) is 0 Å². The second kappa shape index (κ2) is 15.8. The van der Waals surface area contributed by atoms with E-state index in [0.29, 0.717) is 34.3 Å². The lowest BCUT2D eigenvalue weighted by Gasteiger charge is -2.34. The van der Waals surface area contributed by atoms with Crippen molar-refractivity contribution in [3.05, 3.63) is 124 Å². The lowest BCUT2D eigenvalue weighted by atomic mass is 10.0. The molecule has 0 heterocycles. The van der Waals surface area contributed by atoms with Gasteiger partial charge in [-0.2, -0.15) is 0 Å². The first-order chi connectivity index (χ1) is 21.6. The Morgan fingerprint density at radius 1 is 0.889 bits per heavy atom. The van der Waals surface area contributed by atoms with Gasteiger partial charge in [0, 0.05) is 29.6 Å². The van der Waals surface area contributed by atoms with Crippen molar-refractivity contribution in [2.75, 3.05) is 24.5 Å². The molecule has 236 valence electrons. The highest BCUT2D eigenvalue weighted by molar-refractivity contribution is 7.92. The second-order valence-corrected chi connectivity index (χ2v) is 13.0. The summed E-state index contributed by atoms with van der Waals surface area (Å²) < 4.78 is 34.4. The molecule has 1 N–H and O–H groups in total. The molecule has 0 aliphatic heterocycles. The first-order valence-corrected chi connectivity index (χ1v) is 16.6. The molecule has 0 spiro atoms. The van der Waals surface area contributed by atoms with Gasteiger partial charge in [0.25, 0.3) is 10.0 Å². The first-order valence-electron chi connectivity index (χ1n) is 14.4. The number of hydrogen-bond acceptors (Lipinski definition) is 5. The fourth-order valence-corrected chi connectivity index (χ4v) is 6.65. The maximum absolute atomic E-state index is 14.5. The van der Waals surface area contributed by atoms with E-state index in [0.717, 1.165) is 9.87 Å². The maximum Gasteiger partial charge on any atom is 0.264 e. The van der Waals surface area contributed by atoms with Crippen LogP contribution in [-0.4, -0.2) is 51.4 Å². The molecule has 4 rings (SSSR count). The summed E-state index contributed by atoms with van der Waals surface area (Å²) in [5, 5.41) is 3.65. The number of sulfonamides is 1. The standard InChI is InChI=1S/C34H35Cl2N3O5S/c1-3-20-37-34(41)32(21-25-10-6-4-7-11-25)38(23-26-14-15-27(35)22-31(26)36)33(40)24-39(28-16-18-29(44-2)19-17-28)45(42,43)30-12-8-5-9-13-30/h4-19,22,32H,3,20-21,23-24H2,1-2H3,(H,37,41)/t32-/m1/s1. The van der Waals surface area contributed by atoms with Gasteiger partial charge in [-0.05, 0) is 66.1 Å². The molecule has 45 heavy (non-hydrogen) atoms. The number of halogens is 2. The number of rotatable bonds is 14. The Balaban J connectivity index is 1.81. The number of nitrogens with zero attached hydrogens (tertiary/aromatic N) is 2. The molecule has 0 radical (unpaired) electrons. The molecule has 0 bridgehead atoms. The largest absolute Gasteiger partial charge is 0.497 e. The summed E-state index contributed by atoms with van der Waals surface area (Å²) in [6, 6.07) is 27.5. The number of benzene rings is 4. The highest BCUT2D eigenvalue weighted by Gasteiger charge is 2.34. The van der Waals surface area contributed by atoms with Crippen LogP contribution < -0.4 is 14.4 Å². The van der Waals surface area contributed by atoms with Gasteiger partial charge in [0.15, 0.2) is 0 Å². The summed E-state index contributed by atoms with van der Waals surface area (Å²) in [6.07, 6.45) is 0.891. The van der Waals surface area contributed by atoms with Crippen molar-refractivity contribution in [2.24, 2.45) is 0 Å². The third kappa shape index (κ3) is 8.78. The minimum Gasteiger partial charge on any atom is -0.497 e. The Hall–Kier alpha value is -4.05. The quantitative estimate of drug-likeness (QED) is 0.169. The SMILES string of the molecule is CCCNC(=O)[C@@H](Cc1ccccc1)N(Cc1ccc(Cl)cc1Cl)C(=O)CN(c1ccc(OC)cc1)S(=O)(=O)c1ccccc1. The van der Waals surface area contributed by atoms with Crippen LogP contribution >= 0.6 is 23.2 Å². The number of amides is 2. The Morgan fingerprint density at radius 3 is 2.13 bits per heavy atom. The number of nitrogens with one attached hydrogen (secondary N) is 1. The predicted molar refractivity (Wildman–Crippen MR) is 178 cm³/mol. The second-order valence-electron chi connectivity index (χ2n) is 10.3. The Bertz CT molecular complexity index is 1690. The van der Waals surface area contributed by atoms with Crippen molar-refractivity contribution < 1.29 is 22.7 Å². The zero-order valence-electron chi connectivity index (χ0n) is 25.0. The van der Waals surface area contributed by atoms with Gasteiger partial charge in [-0.15, -0.1) is 0 Å². The summed E-state index contributed by atoms with van der Waals surface area (Å²) >= 11 is 12.7. The lowest BCUT2D eigenvalue weighted by Crippen LogP contribution is -2.53. The zero-order chi connectivity index (χ0) is 32.4. The molecular weight excluding hydrogens is 633 g/mol. The topological polar surface area (TPSA) is 96.0 Å². The summed E-state index contributed by atoms with van der Waals surface area (Å²) in [6.45, 7) is 1.70. The summed E-state index contributed by atoms with van der Waals surface area (Å²) in [4.78, 5) is 29.6. The maximum atomic E-state index is 14.5. The molecule has 4 aromatic rings. The molecule has 4 aromatic carbocycles. The third-order valence-corrected chi connectivity index (χ3v) is 9.52. The highest BCUT2D eigenvalue weighted by Crippen LogP contribution is 2.28. The van der Waals surface area contributed by atoms with Gasteiger partial charge in [-0.25, -0.2) is 8.42 Å². The molecule has 1 atom stereocenters. The van der Waals surface area contributed by atoms with E-state index < -0.39 is 28.5 Å². The van der Waals surface area contributed by atoms with Gasteiger partial charge in [-0.3, -0.25) is 13.9 Å². The van der Waals surface area contributed by atoms with Crippen molar-refractivity contribution in [3.63, 3.8) is 0 Å². The number of carbonyl (C=O) groups is 2. The van der Waals surface area contributed by atoms with E-state index in [4.69, 9.17) is 27.9 Å². The Labute approximate surface area is 274 Å². The molecular formula is C34H35Cl2N3O5S. The van der Waals surface area contributed by atoms with Crippen molar-refractivity contribution in [1.82, 2.24) is 10.2 Å². The summed E-state index contributed by atoms with van der Waals surface area (Å²) in [7, 11) is -2.70. The van der Waals surface area contributed by atoms with E-state index in [-0.39, 0.29) is 29.5 Å². The normalized spacial score (nSPS) is 11.8. The molecule has 0 saturated carbocycles. The Morgan fingerprint density at radius 2 is 1.53 bits per heavy atom. The summed E-state index contributed by atoms with van der Waals surface area (Å²) in [5.41, 5.74) is 1.64. The van der Waals surface area contributed by atoms with Crippen LogP contribution in [0.4, 0.5) is 5.69 Å². The van der Waals surface area contributed by atoms with Crippen LogP contribution in [0.5, 0.6) is 5.75 Å². The van der Waals surface area contributed by atoms with Gasteiger partial charge < -0.3 is 15.0 Å². The van der Waals surface area contributed by atoms with Crippen LogP contribution in [0.1, 0.15) is 24.5 Å². The predicted octanol–water partition coefficient (Wildman–Crippen LogP) is 6.36. The fourth-order valence-electron chi connectivity index (χ4n) is 4.75. The number of ether oxygens (including phenoxy) is 1. The van der Waals surface area contributed by atoms with E-state index in [1.807, 2.05) is 37.3 Å². The van der Waals surface area contributed by atoms with Gasteiger partial charge in [-0.1, -0.05) is 84.7 Å².